The molecule has 1 aromatic carbocycles. The Morgan fingerprint density at radius 1 is 1.22 bits per heavy atom. The number of benzene rings is 1. The predicted molar refractivity (Wildman–Crippen MR) is 87.0 cm³/mol. The highest BCUT2D eigenvalue weighted by atomic mass is 19.1. The van der Waals surface area contributed by atoms with Crippen molar-refractivity contribution in [1.29, 1.82) is 0 Å². The first-order valence-electron chi connectivity index (χ1n) is 7.40. The molecule has 0 fully saturated rings. The molecule has 2 aromatic rings. The second-order valence-electron chi connectivity index (χ2n) is 4.98. The number of amides is 1. The summed E-state index contributed by atoms with van der Waals surface area (Å²) in [6.07, 6.45) is 2.22. The van der Waals surface area contributed by atoms with E-state index in [2.05, 4.69) is 15.6 Å². The number of ether oxygens (including phenoxy) is 1. The number of nitrogens with zero attached hydrogens (tertiary/aromatic N) is 1. The van der Waals surface area contributed by atoms with Gasteiger partial charge in [0.15, 0.2) is 0 Å². The van der Waals surface area contributed by atoms with Crippen molar-refractivity contribution in [1.82, 2.24) is 10.3 Å². The number of hydrogen-bond donors (Lipinski definition) is 2. The number of aromatic nitrogens is 1. The summed E-state index contributed by atoms with van der Waals surface area (Å²) in [5, 5.41) is 5.96. The van der Waals surface area contributed by atoms with Crippen LogP contribution in [0.25, 0.3) is 0 Å². The smallest absolute Gasteiger partial charge is 0.269 e. The van der Waals surface area contributed by atoms with Crippen LogP contribution in [0, 0.1) is 5.82 Å². The van der Waals surface area contributed by atoms with Gasteiger partial charge in [-0.15, -0.1) is 0 Å². The molecule has 0 aliphatic heterocycles. The molecule has 2 N–H and O–H groups in total. The van der Waals surface area contributed by atoms with Crippen LogP contribution in [0.5, 0.6) is 0 Å². The van der Waals surface area contributed by atoms with Crippen molar-refractivity contribution >= 4 is 11.6 Å². The first-order chi connectivity index (χ1) is 11.2. The fourth-order valence-corrected chi connectivity index (χ4v) is 2.02. The number of carbonyl (C=O) groups is 1. The van der Waals surface area contributed by atoms with Crippen molar-refractivity contribution in [3.05, 3.63) is 59.7 Å². The maximum absolute atomic E-state index is 12.8. The highest BCUT2D eigenvalue weighted by Gasteiger charge is 2.07. The summed E-state index contributed by atoms with van der Waals surface area (Å²) in [6.45, 7) is 1.71. The summed E-state index contributed by atoms with van der Waals surface area (Å²) in [5.41, 5.74) is 2.14. The number of methoxy groups -OCH3 is 1. The van der Waals surface area contributed by atoms with Gasteiger partial charge in [-0.25, -0.2) is 4.39 Å². The van der Waals surface area contributed by atoms with Crippen LogP contribution in [0.1, 0.15) is 16.1 Å². The van der Waals surface area contributed by atoms with Gasteiger partial charge in [-0.2, -0.15) is 0 Å². The van der Waals surface area contributed by atoms with Crippen molar-refractivity contribution in [3.63, 3.8) is 0 Å². The molecule has 0 unspecified atom stereocenters. The average molecular weight is 317 g/mol. The van der Waals surface area contributed by atoms with Crippen molar-refractivity contribution in [2.45, 2.75) is 6.42 Å². The van der Waals surface area contributed by atoms with Gasteiger partial charge in [-0.1, -0.05) is 12.1 Å². The molecule has 1 aromatic heterocycles. The average Bonchev–Trinajstić information content (AvgIpc) is 2.57. The van der Waals surface area contributed by atoms with E-state index in [0.29, 0.717) is 31.8 Å². The molecule has 6 heteroatoms. The first kappa shape index (κ1) is 16.9. The number of nitrogens with one attached hydrogen (secondary N) is 2. The SMILES string of the molecule is COCCNc1ccnc(C(=O)NCCc2ccc(F)cc2)c1. The van der Waals surface area contributed by atoms with Crippen LogP contribution in [0.2, 0.25) is 0 Å². The molecule has 0 spiro atoms. The third kappa shape index (κ3) is 5.67. The van der Waals surface area contributed by atoms with Crippen molar-refractivity contribution in [2.24, 2.45) is 0 Å². The Morgan fingerprint density at radius 3 is 2.74 bits per heavy atom. The van der Waals surface area contributed by atoms with Crippen LogP contribution < -0.4 is 10.6 Å². The highest BCUT2D eigenvalue weighted by Crippen LogP contribution is 2.08. The molecule has 0 saturated carbocycles. The summed E-state index contributed by atoms with van der Waals surface area (Å²) >= 11 is 0. The van der Waals surface area contributed by atoms with Gasteiger partial charge < -0.3 is 15.4 Å². The van der Waals surface area contributed by atoms with E-state index in [4.69, 9.17) is 4.74 Å². The minimum Gasteiger partial charge on any atom is -0.383 e. The number of halogens is 1. The number of rotatable bonds is 8. The van der Waals surface area contributed by atoms with Gasteiger partial charge in [0.05, 0.1) is 6.61 Å². The minimum absolute atomic E-state index is 0.234. The van der Waals surface area contributed by atoms with Crippen molar-refractivity contribution < 1.29 is 13.9 Å². The van der Waals surface area contributed by atoms with Crippen LogP contribution in [-0.4, -0.2) is 37.7 Å². The fraction of sp³-hybridized carbons (Fsp3) is 0.294. The Bertz CT molecular complexity index is 632. The van der Waals surface area contributed by atoms with Crippen molar-refractivity contribution in [3.8, 4) is 0 Å². The summed E-state index contributed by atoms with van der Waals surface area (Å²) in [6, 6.07) is 9.73. The van der Waals surface area contributed by atoms with Gasteiger partial charge in [0.2, 0.25) is 0 Å². The zero-order valence-electron chi connectivity index (χ0n) is 13.0. The van der Waals surface area contributed by atoms with E-state index >= 15 is 0 Å². The molecular formula is C17H20FN3O2. The van der Waals surface area contributed by atoms with Gasteiger partial charge in [0.25, 0.3) is 5.91 Å². The zero-order chi connectivity index (χ0) is 16.5. The maximum Gasteiger partial charge on any atom is 0.269 e. The standard InChI is InChI=1S/C17H20FN3O2/c1-23-11-10-19-15-7-9-20-16(12-15)17(22)21-8-6-13-2-4-14(18)5-3-13/h2-5,7,9,12H,6,8,10-11H2,1H3,(H,19,20)(H,21,22). The summed E-state index contributed by atoms with van der Waals surface area (Å²) in [4.78, 5) is 16.2. The summed E-state index contributed by atoms with van der Waals surface area (Å²) in [5.74, 6) is -0.498. The van der Waals surface area contributed by atoms with Crippen LogP contribution >= 0.6 is 0 Å². The van der Waals surface area contributed by atoms with E-state index in [0.717, 1.165) is 11.3 Å². The Kier molecular flexibility index (Phi) is 6.50. The topological polar surface area (TPSA) is 63.2 Å². The lowest BCUT2D eigenvalue weighted by Gasteiger charge is -2.08. The lowest BCUT2D eigenvalue weighted by molar-refractivity contribution is 0.0949. The lowest BCUT2D eigenvalue weighted by Crippen LogP contribution is -2.26. The molecule has 0 aliphatic rings. The third-order valence-corrected chi connectivity index (χ3v) is 3.24. The Labute approximate surface area is 134 Å². The summed E-state index contributed by atoms with van der Waals surface area (Å²) in [7, 11) is 1.63. The Balaban J connectivity index is 1.82. The molecule has 1 heterocycles. The molecule has 1 amide bonds. The van der Waals surface area contributed by atoms with E-state index in [1.165, 1.54) is 12.1 Å². The van der Waals surface area contributed by atoms with E-state index in [1.54, 1.807) is 37.6 Å². The highest BCUT2D eigenvalue weighted by molar-refractivity contribution is 5.93. The normalized spacial score (nSPS) is 10.3. The molecule has 23 heavy (non-hydrogen) atoms. The monoisotopic (exact) mass is 317 g/mol. The quantitative estimate of drug-likeness (QED) is 0.733. The van der Waals surface area contributed by atoms with Gasteiger partial charge in [-0.05, 0) is 36.2 Å². The third-order valence-electron chi connectivity index (χ3n) is 3.24. The van der Waals surface area contributed by atoms with E-state index in [-0.39, 0.29) is 11.7 Å². The van der Waals surface area contributed by atoms with Gasteiger partial charge >= 0.3 is 0 Å². The number of anilines is 1. The molecule has 2 rings (SSSR count). The molecule has 0 saturated heterocycles. The molecule has 0 radical (unpaired) electrons. The minimum atomic E-state index is -0.264. The van der Waals surface area contributed by atoms with Gasteiger partial charge in [-0.3, -0.25) is 9.78 Å². The molecule has 5 nitrogen and oxygen atoms in total. The van der Waals surface area contributed by atoms with Crippen LogP contribution in [0.15, 0.2) is 42.6 Å². The van der Waals surface area contributed by atoms with Crippen LogP contribution in [-0.2, 0) is 11.2 Å². The largest absolute Gasteiger partial charge is 0.383 e. The van der Waals surface area contributed by atoms with E-state index in [9.17, 15) is 9.18 Å². The Hall–Kier alpha value is -2.47. The fourth-order valence-electron chi connectivity index (χ4n) is 2.02. The summed E-state index contributed by atoms with van der Waals surface area (Å²) < 4.78 is 17.8. The molecule has 0 aliphatic carbocycles. The zero-order valence-corrected chi connectivity index (χ0v) is 13.0. The molecule has 0 bridgehead atoms. The van der Waals surface area contributed by atoms with Gasteiger partial charge in [0, 0.05) is 32.1 Å². The first-order valence-corrected chi connectivity index (χ1v) is 7.40. The molecular weight excluding hydrogens is 297 g/mol. The van der Waals surface area contributed by atoms with Crippen LogP contribution in [0.3, 0.4) is 0 Å². The van der Waals surface area contributed by atoms with Gasteiger partial charge in [0.1, 0.15) is 11.5 Å². The molecule has 122 valence electrons. The molecule has 0 atom stereocenters. The van der Waals surface area contributed by atoms with E-state index < -0.39 is 0 Å². The Morgan fingerprint density at radius 2 is 2.00 bits per heavy atom. The predicted octanol–water partition coefficient (Wildman–Crippen LogP) is 2.25. The second-order valence-corrected chi connectivity index (χ2v) is 4.98. The number of pyridine rings is 1. The van der Waals surface area contributed by atoms with Crippen molar-refractivity contribution in [2.75, 3.05) is 32.1 Å². The number of hydrogen-bond acceptors (Lipinski definition) is 4. The lowest BCUT2D eigenvalue weighted by atomic mass is 10.1. The number of carbonyl (C=O) groups excluding carboxylic acids is 1. The second kappa shape index (κ2) is 8.85. The van der Waals surface area contributed by atoms with E-state index in [1.807, 2.05) is 0 Å². The van der Waals surface area contributed by atoms with Crippen LogP contribution in [0.4, 0.5) is 10.1 Å². The maximum atomic E-state index is 12.8.